The van der Waals surface area contributed by atoms with Crippen LogP contribution in [-0.4, -0.2) is 13.4 Å². The number of benzene rings is 2. The molecule has 0 aliphatic carbocycles. The molecular weight excluding hydrogens is 425 g/mol. The second-order valence-electron chi connectivity index (χ2n) is 5.21. The SMILES string of the molecule is O=S(=O)(Nc1ncc(Cc2ccc(F)c(F)c2)s1)c1c(Cl)cccc1Cl. The Kier molecular flexibility index (Phi) is 5.47. The Morgan fingerprint density at radius 1 is 1.08 bits per heavy atom. The molecule has 0 fully saturated rings. The standard InChI is InChI=1S/C16H10Cl2F2N2O2S2/c17-11-2-1-3-12(18)15(11)26(23,24)22-16-21-8-10(25-16)6-9-4-5-13(19)14(20)7-9/h1-5,7-8H,6H2,(H,21,22). The molecule has 1 N–H and O–H groups in total. The molecule has 0 amide bonds. The number of aromatic nitrogens is 1. The number of sulfonamides is 1. The molecule has 4 nitrogen and oxygen atoms in total. The Morgan fingerprint density at radius 2 is 1.77 bits per heavy atom. The van der Waals surface area contributed by atoms with E-state index < -0.39 is 21.7 Å². The molecule has 136 valence electrons. The third-order valence-electron chi connectivity index (χ3n) is 3.33. The predicted octanol–water partition coefficient (Wildman–Crippen LogP) is 5.12. The van der Waals surface area contributed by atoms with Gasteiger partial charge in [0.15, 0.2) is 16.8 Å². The molecule has 0 saturated carbocycles. The van der Waals surface area contributed by atoms with Crippen molar-refractivity contribution in [3.05, 3.63) is 74.7 Å². The molecule has 3 aromatic rings. The minimum Gasteiger partial charge on any atom is -0.255 e. The molecule has 0 atom stereocenters. The zero-order valence-electron chi connectivity index (χ0n) is 12.8. The lowest BCUT2D eigenvalue weighted by molar-refractivity contribution is 0.507. The van der Waals surface area contributed by atoms with Crippen LogP contribution in [0.25, 0.3) is 0 Å². The number of nitrogens with one attached hydrogen (secondary N) is 1. The van der Waals surface area contributed by atoms with Crippen molar-refractivity contribution in [3.8, 4) is 0 Å². The summed E-state index contributed by atoms with van der Waals surface area (Å²) in [5.74, 6) is -1.87. The highest BCUT2D eigenvalue weighted by Crippen LogP contribution is 2.31. The molecule has 0 bridgehead atoms. The fourth-order valence-corrected chi connectivity index (χ4v) is 5.43. The molecule has 3 rings (SSSR count). The van der Waals surface area contributed by atoms with Crippen LogP contribution in [0.4, 0.5) is 13.9 Å². The van der Waals surface area contributed by atoms with Crippen LogP contribution in [0.3, 0.4) is 0 Å². The Bertz CT molecular complexity index is 1050. The zero-order chi connectivity index (χ0) is 18.9. The highest BCUT2D eigenvalue weighted by molar-refractivity contribution is 7.93. The Labute approximate surface area is 162 Å². The summed E-state index contributed by atoms with van der Waals surface area (Å²) in [5, 5.41) is 0.0886. The summed E-state index contributed by atoms with van der Waals surface area (Å²) in [6.45, 7) is 0. The maximum Gasteiger partial charge on any atom is 0.266 e. The van der Waals surface area contributed by atoms with E-state index in [0.29, 0.717) is 10.4 Å². The van der Waals surface area contributed by atoms with E-state index in [1.165, 1.54) is 30.5 Å². The lowest BCUT2D eigenvalue weighted by atomic mass is 10.1. The summed E-state index contributed by atoms with van der Waals surface area (Å²) in [6, 6.07) is 7.94. The van der Waals surface area contributed by atoms with Crippen LogP contribution in [0.15, 0.2) is 47.5 Å². The molecule has 0 unspecified atom stereocenters. The highest BCUT2D eigenvalue weighted by Gasteiger charge is 2.23. The van der Waals surface area contributed by atoms with E-state index in [2.05, 4.69) is 9.71 Å². The van der Waals surface area contributed by atoms with Gasteiger partial charge in [-0.25, -0.2) is 22.2 Å². The van der Waals surface area contributed by atoms with E-state index in [-0.39, 0.29) is 26.5 Å². The van der Waals surface area contributed by atoms with Crippen molar-refractivity contribution in [1.29, 1.82) is 0 Å². The average molecular weight is 435 g/mol. The van der Waals surface area contributed by atoms with Gasteiger partial charge in [-0.05, 0) is 29.8 Å². The molecule has 0 aliphatic rings. The van der Waals surface area contributed by atoms with Gasteiger partial charge < -0.3 is 0 Å². The van der Waals surface area contributed by atoms with Crippen molar-refractivity contribution in [2.24, 2.45) is 0 Å². The summed E-state index contributed by atoms with van der Waals surface area (Å²) >= 11 is 12.9. The molecule has 26 heavy (non-hydrogen) atoms. The molecule has 1 heterocycles. The molecule has 0 radical (unpaired) electrons. The lowest BCUT2D eigenvalue weighted by Gasteiger charge is -2.08. The first-order chi connectivity index (χ1) is 12.3. The van der Waals surface area contributed by atoms with Crippen LogP contribution in [0.1, 0.15) is 10.4 Å². The fraction of sp³-hybridized carbons (Fsp3) is 0.0625. The topological polar surface area (TPSA) is 59.1 Å². The van der Waals surface area contributed by atoms with Gasteiger partial charge in [0.05, 0.1) is 10.0 Å². The van der Waals surface area contributed by atoms with E-state index in [9.17, 15) is 17.2 Å². The van der Waals surface area contributed by atoms with Gasteiger partial charge in [-0.15, -0.1) is 11.3 Å². The van der Waals surface area contributed by atoms with Crippen LogP contribution in [0, 0.1) is 11.6 Å². The second kappa shape index (κ2) is 7.48. The smallest absolute Gasteiger partial charge is 0.255 e. The van der Waals surface area contributed by atoms with E-state index in [0.717, 1.165) is 23.5 Å². The zero-order valence-corrected chi connectivity index (χ0v) is 16.0. The minimum absolute atomic E-state index is 0.0106. The maximum absolute atomic E-state index is 13.3. The Hall–Kier alpha value is -1.74. The number of hydrogen-bond donors (Lipinski definition) is 1. The van der Waals surface area contributed by atoms with Gasteiger partial charge in [0, 0.05) is 17.5 Å². The van der Waals surface area contributed by atoms with Crippen molar-refractivity contribution in [2.45, 2.75) is 11.3 Å². The molecule has 10 heteroatoms. The Morgan fingerprint density at radius 3 is 2.42 bits per heavy atom. The van der Waals surface area contributed by atoms with Crippen molar-refractivity contribution < 1.29 is 17.2 Å². The first-order valence-corrected chi connectivity index (χ1v) is 10.2. The van der Waals surface area contributed by atoms with Gasteiger partial charge in [0.25, 0.3) is 10.0 Å². The van der Waals surface area contributed by atoms with Gasteiger partial charge in [0.2, 0.25) is 0 Å². The summed E-state index contributed by atoms with van der Waals surface area (Å²) < 4.78 is 53.5. The lowest BCUT2D eigenvalue weighted by Crippen LogP contribution is -2.13. The van der Waals surface area contributed by atoms with Crippen LogP contribution in [0.5, 0.6) is 0 Å². The predicted molar refractivity (Wildman–Crippen MR) is 98.5 cm³/mol. The van der Waals surface area contributed by atoms with E-state index in [4.69, 9.17) is 23.2 Å². The highest BCUT2D eigenvalue weighted by atomic mass is 35.5. The number of nitrogens with zero attached hydrogens (tertiary/aromatic N) is 1. The van der Waals surface area contributed by atoms with Crippen molar-refractivity contribution in [3.63, 3.8) is 0 Å². The summed E-state index contributed by atoms with van der Waals surface area (Å²) in [7, 11) is -4.02. The van der Waals surface area contributed by atoms with Crippen LogP contribution in [0.2, 0.25) is 10.0 Å². The number of thiazole rings is 1. The summed E-state index contributed by atoms with van der Waals surface area (Å²) in [4.78, 5) is 4.43. The molecule has 2 aromatic carbocycles. The summed E-state index contributed by atoms with van der Waals surface area (Å²) in [5.41, 5.74) is 0.538. The summed E-state index contributed by atoms with van der Waals surface area (Å²) in [6.07, 6.45) is 1.74. The van der Waals surface area contributed by atoms with Gasteiger partial charge in [0.1, 0.15) is 4.90 Å². The molecule has 0 aliphatic heterocycles. The van der Waals surface area contributed by atoms with Crippen molar-refractivity contribution >= 4 is 49.7 Å². The Balaban J connectivity index is 1.81. The first kappa shape index (κ1) is 19.0. The average Bonchev–Trinajstić information content (AvgIpc) is 2.96. The third kappa shape index (κ3) is 4.15. The molecule has 0 spiro atoms. The quantitative estimate of drug-likeness (QED) is 0.605. The number of halogens is 4. The normalized spacial score (nSPS) is 11.5. The third-order valence-corrected chi connectivity index (χ3v) is 6.66. The van der Waals surface area contributed by atoms with Gasteiger partial charge in [-0.1, -0.05) is 35.3 Å². The number of anilines is 1. The van der Waals surface area contributed by atoms with Crippen LogP contribution < -0.4 is 4.72 Å². The molecular formula is C16H10Cl2F2N2O2S2. The van der Waals surface area contributed by atoms with Crippen LogP contribution >= 0.6 is 34.5 Å². The van der Waals surface area contributed by atoms with Gasteiger partial charge in [-0.2, -0.15) is 0 Å². The maximum atomic E-state index is 13.3. The van der Waals surface area contributed by atoms with Crippen LogP contribution in [-0.2, 0) is 16.4 Å². The van der Waals surface area contributed by atoms with E-state index in [1.807, 2.05) is 0 Å². The largest absolute Gasteiger partial charge is 0.266 e. The fourth-order valence-electron chi connectivity index (χ4n) is 2.19. The van der Waals surface area contributed by atoms with E-state index in [1.54, 1.807) is 0 Å². The molecule has 0 saturated heterocycles. The van der Waals surface area contributed by atoms with Gasteiger partial charge >= 0.3 is 0 Å². The van der Waals surface area contributed by atoms with E-state index >= 15 is 0 Å². The first-order valence-electron chi connectivity index (χ1n) is 7.12. The minimum atomic E-state index is -4.02. The van der Waals surface area contributed by atoms with Crippen molar-refractivity contribution in [2.75, 3.05) is 4.72 Å². The number of rotatable bonds is 5. The monoisotopic (exact) mass is 434 g/mol. The second-order valence-corrected chi connectivity index (χ2v) is 8.76. The number of hydrogen-bond acceptors (Lipinski definition) is 4. The van der Waals surface area contributed by atoms with Crippen molar-refractivity contribution in [1.82, 2.24) is 4.98 Å². The van der Waals surface area contributed by atoms with Gasteiger partial charge in [-0.3, -0.25) is 4.72 Å². The molecule has 1 aromatic heterocycles.